The second-order valence-corrected chi connectivity index (χ2v) is 8.91. The summed E-state index contributed by atoms with van der Waals surface area (Å²) in [6.07, 6.45) is 0. The summed E-state index contributed by atoms with van der Waals surface area (Å²) in [5.74, 6) is 0.233. The Kier molecular flexibility index (Phi) is 7.01. The van der Waals surface area contributed by atoms with Crippen LogP contribution in [0.5, 0.6) is 0 Å². The normalized spacial score (nSPS) is 10.5. The van der Waals surface area contributed by atoms with Crippen LogP contribution < -0.4 is 10.6 Å². The molecule has 0 saturated carbocycles. The van der Waals surface area contributed by atoms with Gasteiger partial charge in [0.15, 0.2) is 4.34 Å². The molecule has 146 valence electrons. The number of carbonyl (C=O) groups excluding carboxylic acids is 2. The third kappa shape index (κ3) is 6.04. The van der Waals surface area contributed by atoms with Crippen LogP contribution in [0.1, 0.15) is 12.5 Å². The maximum atomic E-state index is 12.3. The SMILES string of the molecule is CC(=O)Nc1cccc(Nc2nnc(SCC(=O)N(C)Cc3ccsc3)s2)c1. The van der Waals surface area contributed by atoms with Gasteiger partial charge in [0.1, 0.15) is 0 Å². The summed E-state index contributed by atoms with van der Waals surface area (Å²) >= 11 is 4.37. The lowest BCUT2D eigenvalue weighted by molar-refractivity contribution is -0.127. The average molecular weight is 434 g/mol. The van der Waals surface area contributed by atoms with Crippen molar-refractivity contribution in [1.29, 1.82) is 0 Å². The molecule has 3 aromatic rings. The lowest BCUT2D eigenvalue weighted by atomic mass is 10.3. The predicted molar refractivity (Wildman–Crippen MR) is 115 cm³/mol. The predicted octanol–water partition coefficient (Wildman–Crippen LogP) is 4.05. The highest BCUT2D eigenvalue weighted by Crippen LogP contribution is 2.28. The zero-order valence-corrected chi connectivity index (χ0v) is 17.8. The topological polar surface area (TPSA) is 87.2 Å². The van der Waals surface area contributed by atoms with Gasteiger partial charge >= 0.3 is 0 Å². The van der Waals surface area contributed by atoms with Crippen LogP contribution in [0.4, 0.5) is 16.5 Å². The minimum absolute atomic E-state index is 0.0453. The average Bonchev–Trinajstić information content (AvgIpc) is 3.31. The van der Waals surface area contributed by atoms with Crippen molar-refractivity contribution in [2.45, 2.75) is 17.8 Å². The lowest BCUT2D eigenvalue weighted by Gasteiger charge is -2.15. The van der Waals surface area contributed by atoms with Crippen molar-refractivity contribution in [3.63, 3.8) is 0 Å². The lowest BCUT2D eigenvalue weighted by Crippen LogP contribution is -2.27. The van der Waals surface area contributed by atoms with Crippen molar-refractivity contribution in [2.24, 2.45) is 0 Å². The number of hydrogen-bond donors (Lipinski definition) is 2. The summed E-state index contributed by atoms with van der Waals surface area (Å²) in [5, 5.41) is 18.8. The number of rotatable bonds is 8. The molecule has 3 rings (SSSR count). The maximum absolute atomic E-state index is 12.3. The zero-order chi connectivity index (χ0) is 19.9. The Morgan fingerprint density at radius 3 is 2.79 bits per heavy atom. The van der Waals surface area contributed by atoms with Crippen molar-refractivity contribution in [3.05, 3.63) is 46.7 Å². The summed E-state index contributed by atoms with van der Waals surface area (Å²) < 4.78 is 0.720. The second-order valence-electron chi connectivity index (χ2n) is 5.93. The van der Waals surface area contributed by atoms with E-state index in [1.165, 1.54) is 30.0 Å². The smallest absolute Gasteiger partial charge is 0.233 e. The number of anilines is 3. The summed E-state index contributed by atoms with van der Waals surface area (Å²) in [4.78, 5) is 25.2. The molecule has 2 aromatic heterocycles. The van der Waals surface area contributed by atoms with Crippen molar-refractivity contribution in [1.82, 2.24) is 15.1 Å². The summed E-state index contributed by atoms with van der Waals surface area (Å²) in [7, 11) is 1.80. The van der Waals surface area contributed by atoms with Crippen LogP contribution in [0.3, 0.4) is 0 Å². The number of benzene rings is 1. The fraction of sp³-hybridized carbons (Fsp3) is 0.222. The van der Waals surface area contributed by atoms with Gasteiger partial charge in [-0.05, 0) is 40.6 Å². The van der Waals surface area contributed by atoms with Crippen LogP contribution >= 0.6 is 34.4 Å². The van der Waals surface area contributed by atoms with Gasteiger partial charge in [0.05, 0.1) is 5.75 Å². The number of amides is 2. The van der Waals surface area contributed by atoms with Crippen LogP contribution in [-0.2, 0) is 16.1 Å². The molecular formula is C18H19N5O2S3. The first-order chi connectivity index (χ1) is 13.5. The zero-order valence-electron chi connectivity index (χ0n) is 15.3. The standard InChI is InChI=1S/C18H19N5O2S3/c1-12(24)19-14-4-3-5-15(8-14)20-17-21-22-18(28-17)27-11-16(25)23(2)9-13-6-7-26-10-13/h3-8,10H,9,11H2,1-2H3,(H,19,24)(H,20,21). The highest BCUT2D eigenvalue weighted by atomic mass is 32.2. The first kappa shape index (κ1) is 20.3. The molecule has 1 aromatic carbocycles. The summed E-state index contributed by atoms with van der Waals surface area (Å²) in [6.45, 7) is 2.07. The Balaban J connectivity index is 1.51. The van der Waals surface area contributed by atoms with Gasteiger partial charge in [0.25, 0.3) is 0 Å². The van der Waals surface area contributed by atoms with Crippen molar-refractivity contribution < 1.29 is 9.59 Å². The van der Waals surface area contributed by atoms with Gasteiger partial charge in [-0.3, -0.25) is 9.59 Å². The van der Waals surface area contributed by atoms with Gasteiger partial charge in [0.2, 0.25) is 16.9 Å². The van der Waals surface area contributed by atoms with Gasteiger partial charge in [-0.2, -0.15) is 11.3 Å². The molecule has 2 N–H and O–H groups in total. The number of hydrogen-bond acceptors (Lipinski definition) is 8. The van der Waals surface area contributed by atoms with E-state index in [1.54, 1.807) is 23.3 Å². The molecular weight excluding hydrogens is 414 g/mol. The molecule has 7 nitrogen and oxygen atoms in total. The highest BCUT2D eigenvalue weighted by Gasteiger charge is 2.13. The van der Waals surface area contributed by atoms with E-state index in [-0.39, 0.29) is 11.8 Å². The molecule has 0 atom stereocenters. The molecule has 0 aliphatic carbocycles. The summed E-state index contributed by atoms with van der Waals surface area (Å²) in [5.41, 5.74) is 2.64. The van der Waals surface area contributed by atoms with Crippen LogP contribution in [0, 0.1) is 0 Å². The van der Waals surface area contributed by atoms with Gasteiger partial charge < -0.3 is 15.5 Å². The molecule has 0 fully saturated rings. The molecule has 2 heterocycles. The van der Waals surface area contributed by atoms with E-state index in [0.717, 1.165) is 15.6 Å². The monoisotopic (exact) mass is 433 g/mol. The number of nitrogens with one attached hydrogen (secondary N) is 2. The Labute approximate surface area is 175 Å². The van der Waals surface area contributed by atoms with Gasteiger partial charge in [-0.1, -0.05) is 29.2 Å². The first-order valence-electron chi connectivity index (χ1n) is 8.35. The molecule has 0 radical (unpaired) electrons. The second kappa shape index (κ2) is 9.67. The van der Waals surface area contributed by atoms with E-state index in [4.69, 9.17) is 0 Å². The largest absolute Gasteiger partial charge is 0.341 e. The van der Waals surface area contributed by atoms with E-state index < -0.39 is 0 Å². The van der Waals surface area contributed by atoms with E-state index in [2.05, 4.69) is 20.8 Å². The number of aromatic nitrogens is 2. The van der Waals surface area contributed by atoms with Crippen molar-refractivity contribution >= 4 is 62.8 Å². The minimum Gasteiger partial charge on any atom is -0.341 e. The fourth-order valence-electron chi connectivity index (χ4n) is 2.30. The first-order valence-corrected chi connectivity index (χ1v) is 11.1. The molecule has 10 heteroatoms. The van der Waals surface area contributed by atoms with E-state index >= 15 is 0 Å². The molecule has 0 saturated heterocycles. The van der Waals surface area contributed by atoms with Crippen LogP contribution in [0.25, 0.3) is 0 Å². The quantitative estimate of drug-likeness (QED) is 0.521. The molecule has 2 amide bonds. The molecule has 0 unspecified atom stereocenters. The van der Waals surface area contributed by atoms with Crippen molar-refractivity contribution in [3.8, 4) is 0 Å². The minimum atomic E-state index is -0.125. The Morgan fingerprint density at radius 1 is 1.21 bits per heavy atom. The highest BCUT2D eigenvalue weighted by molar-refractivity contribution is 8.01. The third-order valence-corrected chi connectivity index (χ3v) is 6.27. The number of carbonyl (C=O) groups is 2. The third-order valence-electron chi connectivity index (χ3n) is 3.59. The van der Waals surface area contributed by atoms with Gasteiger partial charge in [-0.15, -0.1) is 10.2 Å². The van der Waals surface area contributed by atoms with E-state index in [1.807, 2.05) is 41.1 Å². The van der Waals surface area contributed by atoms with Gasteiger partial charge in [0, 0.05) is 31.9 Å². The van der Waals surface area contributed by atoms with Crippen LogP contribution in [0.15, 0.2) is 45.4 Å². The van der Waals surface area contributed by atoms with Crippen LogP contribution in [0.2, 0.25) is 0 Å². The maximum Gasteiger partial charge on any atom is 0.233 e. The molecule has 0 spiro atoms. The Hall–Kier alpha value is -2.43. The molecule has 0 aliphatic rings. The number of thiophene rings is 1. The molecule has 28 heavy (non-hydrogen) atoms. The Bertz CT molecular complexity index is 942. The molecule has 0 aliphatic heterocycles. The van der Waals surface area contributed by atoms with E-state index in [9.17, 15) is 9.59 Å². The Morgan fingerprint density at radius 2 is 2.04 bits per heavy atom. The van der Waals surface area contributed by atoms with E-state index in [0.29, 0.717) is 23.1 Å². The molecule has 0 bridgehead atoms. The summed E-state index contributed by atoms with van der Waals surface area (Å²) in [6, 6.07) is 9.37. The van der Waals surface area contributed by atoms with Crippen LogP contribution in [-0.4, -0.2) is 39.7 Å². The number of thioether (sulfide) groups is 1. The van der Waals surface area contributed by atoms with Gasteiger partial charge in [-0.25, -0.2) is 0 Å². The fourth-order valence-corrected chi connectivity index (χ4v) is 4.67. The van der Waals surface area contributed by atoms with Crippen molar-refractivity contribution in [2.75, 3.05) is 23.4 Å². The number of nitrogens with zero attached hydrogens (tertiary/aromatic N) is 3.